The summed E-state index contributed by atoms with van der Waals surface area (Å²) < 4.78 is 0. The van der Waals surface area contributed by atoms with Gasteiger partial charge in [-0.15, -0.1) is 0 Å². The number of likely N-dealkylation sites (tertiary alicyclic amines) is 1. The van der Waals surface area contributed by atoms with Crippen molar-refractivity contribution in [1.29, 1.82) is 0 Å². The number of benzene rings is 1. The second-order valence-corrected chi connectivity index (χ2v) is 8.51. The summed E-state index contributed by atoms with van der Waals surface area (Å²) >= 11 is 0. The molecule has 5 heteroatoms. The second-order valence-electron chi connectivity index (χ2n) is 8.51. The molecule has 1 saturated heterocycles. The Hall–Kier alpha value is -1.88. The molecule has 0 saturated carbocycles. The average Bonchev–Trinajstić information content (AvgIpc) is 2.59. The van der Waals surface area contributed by atoms with E-state index in [4.69, 9.17) is 0 Å². The van der Waals surface area contributed by atoms with Crippen molar-refractivity contribution in [3.05, 3.63) is 35.9 Å². The van der Waals surface area contributed by atoms with Crippen LogP contribution in [0, 0.1) is 17.8 Å². The van der Waals surface area contributed by atoms with Crippen LogP contribution in [0.15, 0.2) is 30.3 Å². The number of amides is 2. The molecule has 0 aliphatic carbocycles. The lowest BCUT2D eigenvalue weighted by molar-refractivity contribution is -0.129. The molecular weight excluding hydrogens is 338 g/mol. The number of nitrogens with one attached hydrogen (secondary N) is 2. The van der Waals surface area contributed by atoms with E-state index in [-0.39, 0.29) is 17.7 Å². The Labute approximate surface area is 163 Å². The van der Waals surface area contributed by atoms with Crippen LogP contribution in [0.3, 0.4) is 0 Å². The van der Waals surface area contributed by atoms with Gasteiger partial charge in [-0.05, 0) is 29.7 Å². The molecule has 5 nitrogen and oxygen atoms in total. The fourth-order valence-electron chi connectivity index (χ4n) is 3.95. The highest BCUT2D eigenvalue weighted by atomic mass is 16.2. The molecule has 1 aliphatic rings. The van der Waals surface area contributed by atoms with E-state index in [1.54, 1.807) is 0 Å². The Morgan fingerprint density at radius 1 is 1.11 bits per heavy atom. The molecule has 27 heavy (non-hydrogen) atoms. The molecular formula is C22H35N3O2. The smallest absolute Gasteiger partial charge is 0.247 e. The van der Waals surface area contributed by atoms with Gasteiger partial charge in [0.25, 0.3) is 0 Å². The number of hydrogen-bond acceptors (Lipinski definition) is 3. The third kappa shape index (κ3) is 7.33. The molecule has 150 valence electrons. The number of carbonyl (C=O) groups excluding carboxylic acids is 2. The van der Waals surface area contributed by atoms with Crippen molar-refractivity contribution in [2.45, 2.75) is 46.6 Å². The molecule has 1 aliphatic heterocycles. The van der Waals surface area contributed by atoms with Crippen LogP contribution in [-0.2, 0) is 9.59 Å². The van der Waals surface area contributed by atoms with E-state index in [0.717, 1.165) is 25.2 Å². The normalized spacial score (nSPS) is 21.7. The molecule has 0 spiro atoms. The summed E-state index contributed by atoms with van der Waals surface area (Å²) in [5.74, 6) is 1.44. The topological polar surface area (TPSA) is 61.4 Å². The first-order chi connectivity index (χ1) is 12.8. The fraction of sp³-hybridized carbons (Fsp3) is 0.636. The minimum atomic E-state index is -0.642. The highest BCUT2D eigenvalue weighted by Crippen LogP contribution is 2.20. The van der Waals surface area contributed by atoms with Gasteiger partial charge in [0, 0.05) is 32.6 Å². The monoisotopic (exact) mass is 373 g/mol. The van der Waals surface area contributed by atoms with Crippen LogP contribution in [0.1, 0.15) is 52.1 Å². The van der Waals surface area contributed by atoms with Crippen LogP contribution in [-0.4, -0.2) is 42.9 Å². The van der Waals surface area contributed by atoms with E-state index in [1.807, 2.05) is 44.2 Å². The van der Waals surface area contributed by atoms with Crippen molar-refractivity contribution < 1.29 is 9.59 Å². The Balaban J connectivity index is 1.92. The Morgan fingerprint density at radius 2 is 1.74 bits per heavy atom. The van der Waals surface area contributed by atoms with E-state index >= 15 is 0 Å². The molecule has 0 aromatic heterocycles. The SMILES string of the molecule is CC(C)CC(=O)NC(C(=O)NCCN1CC(C)CC(C)C1)c1ccccc1. The third-order valence-corrected chi connectivity index (χ3v) is 4.97. The van der Waals surface area contributed by atoms with Crippen molar-refractivity contribution in [2.75, 3.05) is 26.2 Å². The largest absolute Gasteiger partial charge is 0.353 e. The van der Waals surface area contributed by atoms with Crippen molar-refractivity contribution in [2.24, 2.45) is 17.8 Å². The van der Waals surface area contributed by atoms with Crippen molar-refractivity contribution in [3.63, 3.8) is 0 Å². The summed E-state index contributed by atoms with van der Waals surface area (Å²) in [4.78, 5) is 27.5. The lowest BCUT2D eigenvalue weighted by atomic mass is 9.92. The van der Waals surface area contributed by atoms with Crippen LogP contribution < -0.4 is 10.6 Å². The van der Waals surface area contributed by atoms with Gasteiger partial charge >= 0.3 is 0 Å². The summed E-state index contributed by atoms with van der Waals surface area (Å²) in [6, 6.07) is 8.81. The van der Waals surface area contributed by atoms with E-state index < -0.39 is 6.04 Å². The van der Waals surface area contributed by atoms with Gasteiger partial charge in [-0.2, -0.15) is 0 Å². The molecule has 3 atom stereocenters. The summed E-state index contributed by atoms with van der Waals surface area (Å²) in [5.41, 5.74) is 0.812. The zero-order chi connectivity index (χ0) is 19.8. The molecule has 2 amide bonds. The van der Waals surface area contributed by atoms with E-state index in [0.29, 0.717) is 24.8 Å². The van der Waals surface area contributed by atoms with Crippen LogP contribution in [0.4, 0.5) is 0 Å². The Bertz CT molecular complexity index is 593. The highest BCUT2D eigenvalue weighted by molar-refractivity contribution is 5.88. The van der Waals surface area contributed by atoms with Crippen molar-refractivity contribution in [3.8, 4) is 0 Å². The van der Waals surface area contributed by atoms with Gasteiger partial charge < -0.3 is 15.5 Å². The predicted molar refractivity (Wildman–Crippen MR) is 109 cm³/mol. The van der Waals surface area contributed by atoms with E-state index in [9.17, 15) is 9.59 Å². The summed E-state index contributed by atoms with van der Waals surface area (Å²) in [6.45, 7) is 12.2. The molecule has 1 aromatic carbocycles. The van der Waals surface area contributed by atoms with Crippen molar-refractivity contribution in [1.82, 2.24) is 15.5 Å². The van der Waals surface area contributed by atoms with Gasteiger partial charge in [0.1, 0.15) is 6.04 Å². The lowest BCUT2D eigenvalue weighted by Crippen LogP contribution is -2.45. The Morgan fingerprint density at radius 3 is 2.33 bits per heavy atom. The number of rotatable bonds is 8. The molecule has 2 rings (SSSR count). The van der Waals surface area contributed by atoms with E-state index in [2.05, 4.69) is 29.4 Å². The quantitative estimate of drug-likeness (QED) is 0.736. The van der Waals surface area contributed by atoms with Crippen LogP contribution in [0.5, 0.6) is 0 Å². The minimum Gasteiger partial charge on any atom is -0.353 e. The van der Waals surface area contributed by atoms with Crippen LogP contribution >= 0.6 is 0 Å². The van der Waals surface area contributed by atoms with Gasteiger partial charge in [0.2, 0.25) is 11.8 Å². The van der Waals surface area contributed by atoms with Gasteiger partial charge in [-0.1, -0.05) is 58.0 Å². The number of nitrogens with zero attached hydrogens (tertiary/aromatic N) is 1. The summed E-state index contributed by atoms with van der Waals surface area (Å²) in [5, 5.41) is 5.92. The molecule has 1 heterocycles. The average molecular weight is 374 g/mol. The zero-order valence-corrected chi connectivity index (χ0v) is 17.2. The van der Waals surface area contributed by atoms with Gasteiger partial charge in [0.15, 0.2) is 0 Å². The van der Waals surface area contributed by atoms with Crippen LogP contribution in [0.25, 0.3) is 0 Å². The molecule has 3 unspecified atom stereocenters. The molecule has 1 fully saturated rings. The highest BCUT2D eigenvalue weighted by Gasteiger charge is 2.24. The third-order valence-electron chi connectivity index (χ3n) is 4.97. The zero-order valence-electron chi connectivity index (χ0n) is 17.2. The van der Waals surface area contributed by atoms with Crippen molar-refractivity contribution >= 4 is 11.8 Å². The summed E-state index contributed by atoms with van der Waals surface area (Å²) in [7, 11) is 0. The molecule has 0 bridgehead atoms. The first kappa shape index (κ1) is 21.4. The number of carbonyl (C=O) groups is 2. The van der Waals surface area contributed by atoms with Gasteiger partial charge in [-0.25, -0.2) is 0 Å². The summed E-state index contributed by atoms with van der Waals surface area (Å²) in [6.07, 6.45) is 1.70. The first-order valence-corrected chi connectivity index (χ1v) is 10.2. The van der Waals surface area contributed by atoms with E-state index in [1.165, 1.54) is 6.42 Å². The Kier molecular flexibility index (Phi) is 8.29. The second kappa shape index (κ2) is 10.5. The molecule has 0 radical (unpaired) electrons. The number of piperidine rings is 1. The fourth-order valence-corrected chi connectivity index (χ4v) is 3.95. The maximum Gasteiger partial charge on any atom is 0.247 e. The minimum absolute atomic E-state index is 0.0901. The number of hydrogen-bond donors (Lipinski definition) is 2. The first-order valence-electron chi connectivity index (χ1n) is 10.2. The predicted octanol–water partition coefficient (Wildman–Crippen LogP) is 2.98. The van der Waals surface area contributed by atoms with Gasteiger partial charge in [-0.3, -0.25) is 9.59 Å². The maximum atomic E-state index is 12.8. The molecule has 2 N–H and O–H groups in total. The van der Waals surface area contributed by atoms with Crippen LogP contribution in [0.2, 0.25) is 0 Å². The standard InChI is InChI=1S/C22H35N3O2/c1-16(2)12-20(26)24-21(19-8-6-5-7-9-19)22(27)23-10-11-25-14-17(3)13-18(4)15-25/h5-9,16-18,21H,10-15H2,1-4H3,(H,23,27)(H,24,26). The molecule has 1 aromatic rings. The lowest BCUT2D eigenvalue weighted by Gasteiger charge is -2.35. The maximum absolute atomic E-state index is 12.8. The van der Waals surface area contributed by atoms with Gasteiger partial charge in [0.05, 0.1) is 0 Å².